The fourth-order valence-corrected chi connectivity index (χ4v) is 5.68. The molecule has 0 heterocycles. The number of benzene rings is 3. The zero-order chi connectivity index (χ0) is 23.7. The van der Waals surface area contributed by atoms with Gasteiger partial charge in [-0.25, -0.2) is 12.8 Å². The molecule has 0 aromatic heterocycles. The minimum atomic E-state index is -3.92. The molecule has 0 spiro atoms. The zero-order valence-corrected chi connectivity index (χ0v) is 21.0. The lowest BCUT2D eigenvalue weighted by atomic mass is 10.2. The number of rotatable bonds is 11. The number of thioether (sulfide) groups is 1. The maximum absolute atomic E-state index is 13.6. The highest BCUT2D eigenvalue weighted by atomic mass is 79.9. The van der Waals surface area contributed by atoms with E-state index in [0.29, 0.717) is 30.0 Å². The van der Waals surface area contributed by atoms with Gasteiger partial charge in [0.25, 0.3) is 10.0 Å². The van der Waals surface area contributed by atoms with E-state index in [1.165, 1.54) is 18.2 Å². The molecule has 3 aromatic rings. The van der Waals surface area contributed by atoms with Crippen LogP contribution in [0, 0.1) is 5.82 Å². The Kier molecular flexibility index (Phi) is 9.34. The number of amides is 1. The SMILES string of the molecule is O=C(CN(c1ccc(Br)cc1)S(=O)(=O)c1ccccc1)NCCCSCc1ccccc1F. The molecular formula is C24H24BrFN2O3S2. The molecule has 1 amide bonds. The lowest BCUT2D eigenvalue weighted by molar-refractivity contribution is -0.119. The van der Waals surface area contributed by atoms with E-state index in [-0.39, 0.29) is 17.3 Å². The van der Waals surface area contributed by atoms with Crippen LogP contribution < -0.4 is 9.62 Å². The first-order valence-electron chi connectivity index (χ1n) is 10.3. The third-order valence-electron chi connectivity index (χ3n) is 4.74. The number of hydrogen-bond acceptors (Lipinski definition) is 4. The maximum atomic E-state index is 13.6. The summed E-state index contributed by atoms with van der Waals surface area (Å²) in [6, 6.07) is 21.5. The fourth-order valence-electron chi connectivity index (χ4n) is 3.03. The first kappa shape index (κ1) is 25.3. The summed E-state index contributed by atoms with van der Waals surface area (Å²) in [6.45, 7) is 0.0733. The van der Waals surface area contributed by atoms with Crippen molar-refractivity contribution in [1.82, 2.24) is 5.32 Å². The summed E-state index contributed by atoms with van der Waals surface area (Å²) < 4.78 is 42.0. The van der Waals surface area contributed by atoms with E-state index in [1.54, 1.807) is 72.4 Å². The second-order valence-corrected chi connectivity index (χ2v) is 11.0. The molecule has 0 bridgehead atoms. The third-order valence-corrected chi connectivity index (χ3v) is 8.15. The lowest BCUT2D eigenvalue weighted by Crippen LogP contribution is -2.41. The predicted octanol–water partition coefficient (Wildman–Crippen LogP) is 5.22. The van der Waals surface area contributed by atoms with Crippen LogP contribution in [0.3, 0.4) is 0 Å². The molecule has 33 heavy (non-hydrogen) atoms. The van der Waals surface area contributed by atoms with Gasteiger partial charge in [-0.05, 0) is 60.2 Å². The quantitative estimate of drug-likeness (QED) is 0.332. The summed E-state index contributed by atoms with van der Waals surface area (Å²) in [4.78, 5) is 12.7. The molecule has 0 fully saturated rings. The Hall–Kier alpha value is -2.36. The van der Waals surface area contributed by atoms with Gasteiger partial charge in [-0.1, -0.05) is 52.3 Å². The molecule has 174 valence electrons. The molecule has 0 aliphatic heterocycles. The predicted molar refractivity (Wildman–Crippen MR) is 135 cm³/mol. The van der Waals surface area contributed by atoms with Crippen LogP contribution >= 0.6 is 27.7 Å². The van der Waals surface area contributed by atoms with Crippen LogP contribution in [0.25, 0.3) is 0 Å². The number of anilines is 1. The van der Waals surface area contributed by atoms with Crippen molar-refractivity contribution < 1.29 is 17.6 Å². The molecule has 0 unspecified atom stereocenters. The van der Waals surface area contributed by atoms with E-state index in [4.69, 9.17) is 0 Å². The second-order valence-electron chi connectivity index (χ2n) is 7.15. The van der Waals surface area contributed by atoms with Crippen molar-refractivity contribution in [3.05, 3.63) is 94.7 Å². The Balaban J connectivity index is 1.56. The van der Waals surface area contributed by atoms with E-state index in [1.807, 2.05) is 0 Å². The average Bonchev–Trinajstić information content (AvgIpc) is 2.82. The van der Waals surface area contributed by atoms with Gasteiger partial charge in [-0.2, -0.15) is 11.8 Å². The van der Waals surface area contributed by atoms with Crippen molar-refractivity contribution in [2.45, 2.75) is 17.1 Å². The molecule has 0 radical (unpaired) electrons. The van der Waals surface area contributed by atoms with Gasteiger partial charge in [0.2, 0.25) is 5.91 Å². The van der Waals surface area contributed by atoms with Crippen molar-refractivity contribution in [1.29, 1.82) is 0 Å². The molecule has 0 saturated heterocycles. The van der Waals surface area contributed by atoms with Crippen LogP contribution in [0.4, 0.5) is 10.1 Å². The lowest BCUT2D eigenvalue weighted by Gasteiger charge is -2.24. The largest absolute Gasteiger partial charge is 0.354 e. The number of hydrogen-bond donors (Lipinski definition) is 1. The van der Waals surface area contributed by atoms with E-state index >= 15 is 0 Å². The molecule has 0 saturated carbocycles. The first-order chi connectivity index (χ1) is 15.9. The minimum absolute atomic E-state index is 0.116. The second kappa shape index (κ2) is 12.2. The summed E-state index contributed by atoms with van der Waals surface area (Å²) in [5.41, 5.74) is 1.06. The van der Waals surface area contributed by atoms with E-state index in [0.717, 1.165) is 14.5 Å². The normalized spacial score (nSPS) is 11.2. The van der Waals surface area contributed by atoms with Crippen LogP contribution in [0.15, 0.2) is 88.2 Å². The van der Waals surface area contributed by atoms with Gasteiger partial charge in [0, 0.05) is 16.8 Å². The minimum Gasteiger partial charge on any atom is -0.354 e. The van der Waals surface area contributed by atoms with Gasteiger partial charge in [0.1, 0.15) is 12.4 Å². The molecular weight excluding hydrogens is 527 g/mol. The fraction of sp³-hybridized carbons (Fsp3) is 0.208. The Labute approximate surface area is 206 Å². The molecule has 3 rings (SSSR count). The first-order valence-corrected chi connectivity index (χ1v) is 13.7. The van der Waals surface area contributed by atoms with Gasteiger partial charge in [-0.3, -0.25) is 9.10 Å². The van der Waals surface area contributed by atoms with Crippen molar-refractivity contribution in [3.63, 3.8) is 0 Å². The third kappa shape index (κ3) is 7.31. The smallest absolute Gasteiger partial charge is 0.264 e. The number of carbonyl (C=O) groups is 1. The molecule has 3 aromatic carbocycles. The molecule has 1 N–H and O–H groups in total. The summed E-state index contributed by atoms with van der Waals surface area (Å²) >= 11 is 4.93. The topological polar surface area (TPSA) is 66.5 Å². The Bertz CT molecular complexity index is 1160. The standard InChI is InChI=1S/C24H24BrFN2O3S2/c25-20-11-13-21(14-12-20)28(33(30,31)22-8-2-1-3-9-22)17-24(29)27-15-6-16-32-18-19-7-4-5-10-23(19)26/h1-5,7-14H,6,15-18H2,(H,27,29). The monoisotopic (exact) mass is 550 g/mol. The van der Waals surface area contributed by atoms with Gasteiger partial charge in [0.05, 0.1) is 10.6 Å². The maximum Gasteiger partial charge on any atom is 0.264 e. The van der Waals surface area contributed by atoms with Crippen LogP contribution in [-0.4, -0.2) is 33.2 Å². The van der Waals surface area contributed by atoms with E-state index in [2.05, 4.69) is 21.2 Å². The zero-order valence-electron chi connectivity index (χ0n) is 17.8. The van der Waals surface area contributed by atoms with Crippen molar-refractivity contribution in [2.75, 3.05) is 23.1 Å². The van der Waals surface area contributed by atoms with Gasteiger partial charge >= 0.3 is 0 Å². The Morgan fingerprint density at radius 2 is 1.64 bits per heavy atom. The highest BCUT2D eigenvalue weighted by Gasteiger charge is 2.26. The highest BCUT2D eigenvalue weighted by molar-refractivity contribution is 9.10. The van der Waals surface area contributed by atoms with Gasteiger partial charge in [-0.15, -0.1) is 0 Å². The van der Waals surface area contributed by atoms with Gasteiger partial charge in [0.15, 0.2) is 0 Å². The summed E-state index contributed by atoms with van der Waals surface area (Å²) in [6.07, 6.45) is 0.689. The number of halogens is 2. The average molecular weight is 552 g/mol. The van der Waals surface area contributed by atoms with Crippen LogP contribution in [-0.2, 0) is 20.6 Å². The van der Waals surface area contributed by atoms with E-state index in [9.17, 15) is 17.6 Å². The number of nitrogens with one attached hydrogen (secondary N) is 1. The van der Waals surface area contributed by atoms with Crippen LogP contribution in [0.5, 0.6) is 0 Å². The van der Waals surface area contributed by atoms with Gasteiger partial charge < -0.3 is 5.32 Å². The van der Waals surface area contributed by atoms with Crippen LogP contribution in [0.2, 0.25) is 0 Å². The summed E-state index contributed by atoms with van der Waals surface area (Å²) in [5.74, 6) is 0.697. The molecule has 0 aliphatic rings. The van der Waals surface area contributed by atoms with Crippen molar-refractivity contribution in [3.8, 4) is 0 Å². The van der Waals surface area contributed by atoms with Crippen molar-refractivity contribution in [2.24, 2.45) is 0 Å². The summed E-state index contributed by atoms with van der Waals surface area (Å²) in [7, 11) is -3.92. The Morgan fingerprint density at radius 3 is 2.33 bits per heavy atom. The number of sulfonamides is 1. The highest BCUT2D eigenvalue weighted by Crippen LogP contribution is 2.25. The molecule has 0 aliphatic carbocycles. The number of carbonyl (C=O) groups excluding carboxylic acids is 1. The molecule has 9 heteroatoms. The summed E-state index contributed by atoms with van der Waals surface area (Å²) in [5, 5.41) is 2.79. The Morgan fingerprint density at radius 1 is 0.970 bits per heavy atom. The molecule has 0 atom stereocenters. The van der Waals surface area contributed by atoms with E-state index < -0.39 is 15.9 Å². The van der Waals surface area contributed by atoms with Crippen molar-refractivity contribution >= 4 is 49.3 Å². The van der Waals surface area contributed by atoms with Crippen LogP contribution in [0.1, 0.15) is 12.0 Å². The number of nitrogens with zero attached hydrogens (tertiary/aromatic N) is 1. The molecule has 5 nitrogen and oxygen atoms in total.